The number of hydrogen-bond acceptors (Lipinski definition) is 5. The van der Waals surface area contributed by atoms with Gasteiger partial charge in [0.15, 0.2) is 5.82 Å². The van der Waals surface area contributed by atoms with Crippen LogP contribution in [0.1, 0.15) is 18.1 Å². The molecule has 0 saturated heterocycles. The Kier molecular flexibility index (Phi) is 5.67. The SMILES string of the molecule is C[C@H](CNc1nc(-c2ccc3cnccc3c2)ns1)Cc1ccc(C(F)(F)F)cc1. The molecule has 2 aromatic carbocycles. The molecule has 4 rings (SSSR count). The molecular weight excluding hydrogens is 409 g/mol. The van der Waals surface area contributed by atoms with Crippen LogP contribution >= 0.6 is 11.5 Å². The Morgan fingerprint density at radius 3 is 2.60 bits per heavy atom. The zero-order valence-electron chi connectivity index (χ0n) is 16.1. The van der Waals surface area contributed by atoms with Gasteiger partial charge in [-0.15, -0.1) is 0 Å². The van der Waals surface area contributed by atoms with Crippen molar-refractivity contribution in [3.05, 3.63) is 72.1 Å². The average molecular weight is 428 g/mol. The minimum atomic E-state index is -4.30. The summed E-state index contributed by atoms with van der Waals surface area (Å²) in [5.74, 6) is 0.888. The quantitative estimate of drug-likeness (QED) is 0.405. The highest BCUT2D eigenvalue weighted by Crippen LogP contribution is 2.29. The number of hydrogen-bond donors (Lipinski definition) is 1. The number of rotatable bonds is 6. The van der Waals surface area contributed by atoms with Gasteiger partial charge >= 0.3 is 6.18 Å². The molecule has 154 valence electrons. The van der Waals surface area contributed by atoms with Crippen molar-refractivity contribution in [1.82, 2.24) is 14.3 Å². The molecule has 0 spiro atoms. The molecule has 0 bridgehead atoms. The molecule has 0 unspecified atom stereocenters. The first kappa shape index (κ1) is 20.3. The van der Waals surface area contributed by atoms with Gasteiger partial charge in [-0.3, -0.25) is 4.98 Å². The predicted octanol–water partition coefficient (Wildman–Crippen LogP) is 6.06. The third kappa shape index (κ3) is 4.76. The number of anilines is 1. The van der Waals surface area contributed by atoms with Gasteiger partial charge < -0.3 is 5.32 Å². The summed E-state index contributed by atoms with van der Waals surface area (Å²) in [6.45, 7) is 2.70. The number of nitrogens with zero attached hydrogens (tertiary/aromatic N) is 3. The fourth-order valence-electron chi connectivity index (χ4n) is 3.20. The maximum absolute atomic E-state index is 12.7. The van der Waals surface area contributed by atoms with Crippen LogP contribution in [0, 0.1) is 5.92 Å². The van der Waals surface area contributed by atoms with Crippen LogP contribution in [0.25, 0.3) is 22.2 Å². The van der Waals surface area contributed by atoms with Crippen LogP contribution < -0.4 is 5.32 Å². The van der Waals surface area contributed by atoms with E-state index in [1.807, 2.05) is 37.4 Å². The van der Waals surface area contributed by atoms with Gasteiger partial charge in [0.05, 0.1) is 5.56 Å². The van der Waals surface area contributed by atoms with E-state index < -0.39 is 11.7 Å². The number of alkyl halides is 3. The molecule has 0 fully saturated rings. The van der Waals surface area contributed by atoms with Crippen LogP contribution in [0.3, 0.4) is 0 Å². The molecule has 1 atom stereocenters. The fourth-order valence-corrected chi connectivity index (χ4v) is 3.80. The highest BCUT2D eigenvalue weighted by molar-refractivity contribution is 7.09. The van der Waals surface area contributed by atoms with Crippen LogP contribution in [0.4, 0.5) is 18.3 Å². The van der Waals surface area contributed by atoms with Gasteiger partial charge in [-0.2, -0.15) is 22.5 Å². The summed E-state index contributed by atoms with van der Waals surface area (Å²) in [5.41, 5.74) is 1.19. The smallest absolute Gasteiger partial charge is 0.360 e. The number of aromatic nitrogens is 3. The van der Waals surface area contributed by atoms with E-state index in [0.717, 1.165) is 39.2 Å². The Labute approximate surface area is 176 Å². The molecule has 8 heteroatoms. The summed E-state index contributed by atoms with van der Waals surface area (Å²) in [5, 5.41) is 6.15. The molecular formula is C22H19F3N4S. The maximum Gasteiger partial charge on any atom is 0.416 e. The minimum Gasteiger partial charge on any atom is -0.360 e. The second-order valence-electron chi connectivity index (χ2n) is 7.25. The molecule has 0 amide bonds. The zero-order chi connectivity index (χ0) is 21.1. The predicted molar refractivity (Wildman–Crippen MR) is 113 cm³/mol. The lowest BCUT2D eigenvalue weighted by Crippen LogP contribution is -2.13. The Hall–Kier alpha value is -3.00. The Morgan fingerprint density at radius 1 is 1.03 bits per heavy atom. The van der Waals surface area contributed by atoms with Crippen molar-refractivity contribution in [3.63, 3.8) is 0 Å². The summed E-state index contributed by atoms with van der Waals surface area (Å²) in [7, 11) is 0. The molecule has 0 radical (unpaired) electrons. The van der Waals surface area contributed by atoms with Crippen LogP contribution in [0.5, 0.6) is 0 Å². The van der Waals surface area contributed by atoms with Gasteiger partial charge in [0.25, 0.3) is 0 Å². The molecule has 2 aromatic heterocycles. The number of halogens is 3. The second kappa shape index (κ2) is 8.39. The van der Waals surface area contributed by atoms with Gasteiger partial charge in [-0.05, 0) is 47.6 Å². The maximum atomic E-state index is 12.7. The van der Waals surface area contributed by atoms with Gasteiger partial charge in [-0.1, -0.05) is 31.2 Å². The van der Waals surface area contributed by atoms with Crippen LogP contribution in [0.15, 0.2) is 60.9 Å². The summed E-state index contributed by atoms with van der Waals surface area (Å²) >= 11 is 1.29. The first-order valence-corrected chi connectivity index (χ1v) is 10.2. The third-order valence-corrected chi connectivity index (χ3v) is 5.46. The van der Waals surface area contributed by atoms with E-state index in [-0.39, 0.29) is 5.92 Å². The first-order chi connectivity index (χ1) is 14.4. The van der Waals surface area contributed by atoms with Crippen molar-refractivity contribution in [2.75, 3.05) is 11.9 Å². The Balaban J connectivity index is 1.35. The van der Waals surface area contributed by atoms with Gasteiger partial charge in [-0.25, -0.2) is 0 Å². The molecule has 0 aliphatic carbocycles. The fraction of sp³-hybridized carbons (Fsp3) is 0.227. The first-order valence-electron chi connectivity index (χ1n) is 9.46. The Bertz CT molecular complexity index is 1140. The van der Waals surface area contributed by atoms with Crippen LogP contribution in [-0.2, 0) is 12.6 Å². The van der Waals surface area contributed by atoms with E-state index in [1.165, 1.54) is 23.7 Å². The van der Waals surface area contributed by atoms with Crippen molar-refractivity contribution >= 4 is 27.4 Å². The highest BCUT2D eigenvalue weighted by atomic mass is 32.1. The summed E-state index contributed by atoms with van der Waals surface area (Å²) in [4.78, 5) is 8.68. The van der Waals surface area contributed by atoms with E-state index in [2.05, 4.69) is 19.7 Å². The summed E-state index contributed by atoms with van der Waals surface area (Å²) in [6.07, 6.45) is -0.0526. The standard InChI is InChI=1S/C22H19F3N4S/c1-14(10-15-2-6-19(7-3-15)22(23,24)25)12-27-21-28-20(29-30-21)17-4-5-18-13-26-9-8-16(18)11-17/h2-9,11,13-14H,10,12H2,1H3,(H,27,28,29)/t14-/m0/s1. The number of fused-ring (bicyclic) bond motifs is 1. The number of pyridine rings is 1. The van der Waals surface area contributed by atoms with E-state index >= 15 is 0 Å². The highest BCUT2D eigenvalue weighted by Gasteiger charge is 2.29. The molecule has 4 aromatic rings. The van der Waals surface area contributed by atoms with E-state index in [4.69, 9.17) is 0 Å². The molecule has 0 aliphatic heterocycles. The zero-order valence-corrected chi connectivity index (χ0v) is 17.0. The van der Waals surface area contributed by atoms with Crippen LogP contribution in [0.2, 0.25) is 0 Å². The lowest BCUT2D eigenvalue weighted by atomic mass is 10.00. The molecule has 30 heavy (non-hydrogen) atoms. The van der Waals surface area contributed by atoms with Crippen molar-refractivity contribution in [2.24, 2.45) is 5.92 Å². The lowest BCUT2D eigenvalue weighted by Gasteiger charge is -2.13. The third-order valence-electron chi connectivity index (χ3n) is 4.79. The molecule has 1 N–H and O–H groups in total. The minimum absolute atomic E-state index is 0.224. The van der Waals surface area contributed by atoms with E-state index in [1.54, 1.807) is 6.20 Å². The Morgan fingerprint density at radius 2 is 1.83 bits per heavy atom. The van der Waals surface area contributed by atoms with E-state index in [0.29, 0.717) is 18.8 Å². The summed E-state index contributed by atoms with van der Waals surface area (Å²) < 4.78 is 42.4. The van der Waals surface area contributed by atoms with Crippen LogP contribution in [-0.4, -0.2) is 20.9 Å². The molecule has 4 nitrogen and oxygen atoms in total. The van der Waals surface area contributed by atoms with Crippen molar-refractivity contribution in [1.29, 1.82) is 0 Å². The lowest BCUT2D eigenvalue weighted by molar-refractivity contribution is -0.137. The van der Waals surface area contributed by atoms with Crippen molar-refractivity contribution in [2.45, 2.75) is 19.5 Å². The van der Waals surface area contributed by atoms with Crippen molar-refractivity contribution < 1.29 is 13.2 Å². The molecule has 0 saturated carbocycles. The second-order valence-corrected chi connectivity index (χ2v) is 8.00. The normalized spacial score (nSPS) is 12.8. The van der Waals surface area contributed by atoms with E-state index in [9.17, 15) is 13.2 Å². The average Bonchev–Trinajstić information content (AvgIpc) is 3.21. The van der Waals surface area contributed by atoms with Gasteiger partial charge in [0, 0.05) is 41.4 Å². The monoisotopic (exact) mass is 428 g/mol. The summed E-state index contributed by atoms with van der Waals surface area (Å²) in [6, 6.07) is 13.3. The largest absolute Gasteiger partial charge is 0.416 e. The topological polar surface area (TPSA) is 50.7 Å². The number of benzene rings is 2. The molecule has 0 aliphatic rings. The van der Waals surface area contributed by atoms with Gasteiger partial charge in [0.2, 0.25) is 5.13 Å². The molecule has 2 heterocycles. The van der Waals surface area contributed by atoms with Gasteiger partial charge in [0.1, 0.15) is 0 Å². The number of nitrogens with one attached hydrogen (secondary N) is 1. The van der Waals surface area contributed by atoms with Crippen molar-refractivity contribution in [3.8, 4) is 11.4 Å².